The molecule has 0 saturated carbocycles. The van der Waals surface area contributed by atoms with Crippen LogP contribution in [-0.2, 0) is 11.2 Å². The number of nitrogens with one attached hydrogen (secondary N) is 1. The summed E-state index contributed by atoms with van der Waals surface area (Å²) >= 11 is 3.55. The average Bonchev–Trinajstić information content (AvgIpc) is 2.87. The number of halogens is 1. The van der Waals surface area contributed by atoms with E-state index >= 15 is 0 Å². The maximum atomic E-state index is 5.87. The number of benzene rings is 1. The van der Waals surface area contributed by atoms with Crippen molar-refractivity contribution in [1.82, 2.24) is 10.2 Å². The van der Waals surface area contributed by atoms with Crippen molar-refractivity contribution in [2.75, 3.05) is 32.8 Å². The number of ether oxygens (including phenoxy) is 1. The first-order chi connectivity index (χ1) is 9.76. The van der Waals surface area contributed by atoms with E-state index in [1.165, 1.54) is 28.4 Å². The molecule has 1 N–H and O–H groups in total. The Bertz CT molecular complexity index is 466. The van der Waals surface area contributed by atoms with Gasteiger partial charge in [-0.2, -0.15) is 0 Å². The first kappa shape index (κ1) is 14.5. The van der Waals surface area contributed by atoms with Gasteiger partial charge in [0.15, 0.2) is 0 Å². The number of hydrogen-bond acceptors (Lipinski definition) is 3. The molecule has 2 unspecified atom stereocenters. The molecule has 1 aromatic carbocycles. The Labute approximate surface area is 129 Å². The molecule has 0 bridgehead atoms. The van der Waals surface area contributed by atoms with Crippen molar-refractivity contribution in [3.8, 4) is 0 Å². The highest BCUT2D eigenvalue weighted by atomic mass is 79.9. The zero-order valence-corrected chi connectivity index (χ0v) is 13.7. The van der Waals surface area contributed by atoms with Crippen LogP contribution in [0.2, 0.25) is 0 Å². The van der Waals surface area contributed by atoms with Gasteiger partial charge in [-0.15, -0.1) is 0 Å². The van der Waals surface area contributed by atoms with Crippen molar-refractivity contribution in [2.24, 2.45) is 0 Å². The first-order valence-electron chi connectivity index (χ1n) is 7.62. The van der Waals surface area contributed by atoms with Crippen molar-refractivity contribution < 1.29 is 4.74 Å². The maximum absolute atomic E-state index is 5.87. The third-order valence-corrected chi connectivity index (χ3v) is 4.94. The van der Waals surface area contributed by atoms with Crippen molar-refractivity contribution >= 4 is 15.9 Å². The van der Waals surface area contributed by atoms with Gasteiger partial charge in [0.05, 0.1) is 12.7 Å². The number of aryl methyl sites for hydroxylation is 1. The monoisotopic (exact) mass is 338 g/mol. The lowest BCUT2D eigenvalue weighted by molar-refractivity contribution is -0.0263. The highest BCUT2D eigenvalue weighted by Crippen LogP contribution is 2.32. The van der Waals surface area contributed by atoms with E-state index in [1.807, 2.05) is 0 Å². The number of fused-ring (bicyclic) bond motifs is 1. The number of rotatable bonds is 4. The molecule has 4 heteroatoms. The van der Waals surface area contributed by atoms with E-state index in [1.54, 1.807) is 0 Å². The molecule has 110 valence electrons. The van der Waals surface area contributed by atoms with E-state index in [0.717, 1.165) is 32.8 Å². The highest BCUT2D eigenvalue weighted by Gasteiger charge is 2.25. The Balaban J connectivity index is 1.55. The predicted octanol–water partition coefficient (Wildman–Crippen LogP) is 2.75. The Morgan fingerprint density at radius 2 is 2.35 bits per heavy atom. The molecule has 0 spiro atoms. The van der Waals surface area contributed by atoms with Crippen molar-refractivity contribution in [2.45, 2.75) is 31.9 Å². The van der Waals surface area contributed by atoms with E-state index in [2.05, 4.69) is 51.3 Å². The standard InChI is InChI=1S/C16H23BrN2O/c1-2-19-7-8-20-14(11-19)10-18-16-6-3-12-9-13(17)4-5-15(12)16/h4-5,9,14,16,18H,2-3,6-8,10-11H2,1H3. The van der Waals surface area contributed by atoms with Gasteiger partial charge in [-0.1, -0.05) is 28.9 Å². The van der Waals surface area contributed by atoms with Gasteiger partial charge in [0.1, 0.15) is 0 Å². The summed E-state index contributed by atoms with van der Waals surface area (Å²) in [6.07, 6.45) is 2.72. The molecule has 2 aliphatic rings. The predicted molar refractivity (Wildman–Crippen MR) is 85.1 cm³/mol. The Morgan fingerprint density at radius 3 is 3.20 bits per heavy atom. The SMILES string of the molecule is CCN1CCOC(CNC2CCc3cc(Br)ccc32)C1. The zero-order valence-electron chi connectivity index (χ0n) is 12.1. The summed E-state index contributed by atoms with van der Waals surface area (Å²) in [7, 11) is 0. The molecule has 3 nitrogen and oxygen atoms in total. The zero-order chi connectivity index (χ0) is 13.9. The molecule has 20 heavy (non-hydrogen) atoms. The molecule has 2 atom stereocenters. The molecule has 1 aromatic rings. The van der Waals surface area contributed by atoms with Crippen LogP contribution in [0.25, 0.3) is 0 Å². The van der Waals surface area contributed by atoms with Crippen molar-refractivity contribution in [3.05, 3.63) is 33.8 Å². The second-order valence-corrected chi connectivity index (χ2v) is 6.64. The van der Waals surface area contributed by atoms with Gasteiger partial charge in [0, 0.05) is 30.1 Å². The van der Waals surface area contributed by atoms with E-state index in [4.69, 9.17) is 4.74 Å². The summed E-state index contributed by atoms with van der Waals surface area (Å²) in [5.41, 5.74) is 2.95. The van der Waals surface area contributed by atoms with Crippen LogP contribution >= 0.6 is 15.9 Å². The largest absolute Gasteiger partial charge is 0.374 e. The summed E-state index contributed by atoms with van der Waals surface area (Å²) in [6.45, 7) is 7.31. The molecule has 1 heterocycles. The molecular weight excluding hydrogens is 316 g/mol. The number of nitrogens with zero attached hydrogens (tertiary/aromatic N) is 1. The van der Waals surface area contributed by atoms with Crippen LogP contribution in [-0.4, -0.2) is 43.8 Å². The third-order valence-electron chi connectivity index (χ3n) is 4.44. The van der Waals surface area contributed by atoms with Crippen molar-refractivity contribution in [1.29, 1.82) is 0 Å². The van der Waals surface area contributed by atoms with Gasteiger partial charge in [-0.05, 0) is 42.6 Å². The normalized spacial score (nSPS) is 26.7. The van der Waals surface area contributed by atoms with Gasteiger partial charge in [-0.25, -0.2) is 0 Å². The maximum Gasteiger partial charge on any atom is 0.0826 e. The van der Waals surface area contributed by atoms with Crippen LogP contribution in [0.4, 0.5) is 0 Å². The summed E-state index contributed by atoms with van der Waals surface area (Å²) in [5.74, 6) is 0. The van der Waals surface area contributed by atoms with Crippen LogP contribution in [0.5, 0.6) is 0 Å². The van der Waals surface area contributed by atoms with E-state index in [0.29, 0.717) is 12.1 Å². The van der Waals surface area contributed by atoms with Crippen LogP contribution in [0.3, 0.4) is 0 Å². The summed E-state index contributed by atoms with van der Waals surface area (Å²) in [6, 6.07) is 7.16. The van der Waals surface area contributed by atoms with E-state index in [9.17, 15) is 0 Å². The fraction of sp³-hybridized carbons (Fsp3) is 0.625. The lowest BCUT2D eigenvalue weighted by atomic mass is 10.1. The molecule has 0 amide bonds. The molecular formula is C16H23BrN2O. The van der Waals surface area contributed by atoms with Crippen LogP contribution in [0.1, 0.15) is 30.5 Å². The first-order valence-corrected chi connectivity index (χ1v) is 8.41. The van der Waals surface area contributed by atoms with E-state index in [-0.39, 0.29) is 0 Å². The minimum absolute atomic E-state index is 0.336. The van der Waals surface area contributed by atoms with E-state index < -0.39 is 0 Å². The molecule has 3 rings (SSSR count). The lowest BCUT2D eigenvalue weighted by Crippen LogP contribution is -2.46. The summed E-state index contributed by atoms with van der Waals surface area (Å²) in [4.78, 5) is 2.47. The minimum Gasteiger partial charge on any atom is -0.374 e. The molecule has 1 fully saturated rings. The summed E-state index contributed by atoms with van der Waals surface area (Å²) in [5, 5.41) is 3.70. The van der Waals surface area contributed by atoms with Gasteiger partial charge in [0.2, 0.25) is 0 Å². The fourth-order valence-corrected chi connectivity index (χ4v) is 3.67. The third kappa shape index (κ3) is 3.25. The van der Waals surface area contributed by atoms with Crippen LogP contribution in [0.15, 0.2) is 22.7 Å². The van der Waals surface area contributed by atoms with Gasteiger partial charge in [-0.3, -0.25) is 4.90 Å². The molecule has 0 radical (unpaired) electrons. The summed E-state index contributed by atoms with van der Waals surface area (Å²) < 4.78 is 7.05. The number of morpholine rings is 1. The highest BCUT2D eigenvalue weighted by molar-refractivity contribution is 9.10. The number of hydrogen-bond donors (Lipinski definition) is 1. The average molecular weight is 339 g/mol. The molecule has 1 aliphatic carbocycles. The molecule has 0 aromatic heterocycles. The Hall–Kier alpha value is -0.420. The lowest BCUT2D eigenvalue weighted by Gasteiger charge is -2.32. The van der Waals surface area contributed by atoms with Crippen LogP contribution in [0, 0.1) is 0 Å². The second-order valence-electron chi connectivity index (χ2n) is 5.73. The Morgan fingerprint density at radius 1 is 1.45 bits per heavy atom. The van der Waals surface area contributed by atoms with Crippen LogP contribution < -0.4 is 5.32 Å². The quantitative estimate of drug-likeness (QED) is 0.913. The smallest absolute Gasteiger partial charge is 0.0826 e. The Kier molecular flexibility index (Phi) is 4.76. The topological polar surface area (TPSA) is 24.5 Å². The molecule has 1 saturated heterocycles. The van der Waals surface area contributed by atoms with Gasteiger partial charge in [0.25, 0.3) is 0 Å². The fourth-order valence-electron chi connectivity index (χ4n) is 3.26. The van der Waals surface area contributed by atoms with Gasteiger partial charge >= 0.3 is 0 Å². The molecule has 1 aliphatic heterocycles. The minimum atomic E-state index is 0.336. The second kappa shape index (κ2) is 6.56. The van der Waals surface area contributed by atoms with Crippen molar-refractivity contribution in [3.63, 3.8) is 0 Å². The number of likely N-dealkylation sites (N-methyl/N-ethyl adjacent to an activating group) is 1. The van der Waals surface area contributed by atoms with Gasteiger partial charge < -0.3 is 10.1 Å².